The van der Waals surface area contributed by atoms with E-state index in [0.717, 1.165) is 47.4 Å². The number of sulfonamides is 1. The molecule has 7 nitrogen and oxygen atoms in total. The molecule has 3 aromatic rings. The standard InChI is InChI=1S/C30H33Cl2N3O4S/c1-40(38,39)35(27-16-14-24(31)15-17-27)21-29(36)34(20-23-10-7-11-25(32)18-23)28(19-22-8-3-2-4-9-22)30(37)33-26-12-5-6-13-26/h2-4,7-11,14-18,26,28H,5-6,12-13,19-21H2,1H3,(H,33,37)/t28-/m0/s1. The van der Waals surface area contributed by atoms with Crippen molar-refractivity contribution in [3.8, 4) is 0 Å². The number of rotatable bonds is 11. The van der Waals surface area contributed by atoms with Crippen LogP contribution in [0.5, 0.6) is 0 Å². The first-order valence-corrected chi connectivity index (χ1v) is 15.8. The Hall–Kier alpha value is -3.07. The van der Waals surface area contributed by atoms with Gasteiger partial charge in [-0.05, 0) is 60.4 Å². The smallest absolute Gasteiger partial charge is 0.244 e. The maximum absolute atomic E-state index is 14.1. The van der Waals surface area contributed by atoms with Crippen molar-refractivity contribution in [2.75, 3.05) is 17.1 Å². The molecule has 0 heterocycles. The van der Waals surface area contributed by atoms with Gasteiger partial charge in [0.2, 0.25) is 21.8 Å². The summed E-state index contributed by atoms with van der Waals surface area (Å²) in [4.78, 5) is 29.4. The fourth-order valence-corrected chi connectivity index (χ4v) is 6.16. The molecular weight excluding hydrogens is 569 g/mol. The first-order chi connectivity index (χ1) is 19.1. The largest absolute Gasteiger partial charge is 0.352 e. The van der Waals surface area contributed by atoms with Crippen molar-refractivity contribution in [1.82, 2.24) is 10.2 Å². The van der Waals surface area contributed by atoms with Crippen molar-refractivity contribution < 1.29 is 18.0 Å². The van der Waals surface area contributed by atoms with Gasteiger partial charge in [0.25, 0.3) is 0 Å². The topological polar surface area (TPSA) is 86.8 Å². The van der Waals surface area contributed by atoms with E-state index in [1.165, 1.54) is 4.90 Å². The second-order valence-electron chi connectivity index (χ2n) is 10.1. The average molecular weight is 603 g/mol. The molecule has 0 spiro atoms. The third-order valence-corrected chi connectivity index (χ3v) is 8.64. The molecule has 2 amide bonds. The number of carbonyl (C=O) groups is 2. The number of halogens is 2. The third kappa shape index (κ3) is 8.22. The molecule has 0 aliphatic heterocycles. The van der Waals surface area contributed by atoms with Gasteiger partial charge in [0.1, 0.15) is 12.6 Å². The van der Waals surface area contributed by atoms with Crippen LogP contribution in [-0.4, -0.2) is 50.0 Å². The van der Waals surface area contributed by atoms with Crippen LogP contribution in [0.3, 0.4) is 0 Å². The minimum absolute atomic E-state index is 0.0514. The summed E-state index contributed by atoms with van der Waals surface area (Å²) in [5.41, 5.74) is 1.92. The van der Waals surface area contributed by atoms with E-state index in [9.17, 15) is 18.0 Å². The number of benzene rings is 3. The minimum atomic E-state index is -3.84. The van der Waals surface area contributed by atoms with E-state index in [2.05, 4.69) is 5.32 Å². The zero-order valence-corrected chi connectivity index (χ0v) is 24.6. The quantitative estimate of drug-likeness (QED) is 0.316. The highest BCUT2D eigenvalue weighted by molar-refractivity contribution is 7.92. The van der Waals surface area contributed by atoms with Gasteiger partial charge in [-0.1, -0.05) is 78.5 Å². The molecule has 0 radical (unpaired) electrons. The molecule has 1 N–H and O–H groups in total. The number of nitrogens with zero attached hydrogens (tertiary/aromatic N) is 2. The van der Waals surface area contributed by atoms with E-state index in [4.69, 9.17) is 23.2 Å². The molecular formula is C30H33Cl2N3O4S. The number of anilines is 1. The molecule has 40 heavy (non-hydrogen) atoms. The summed E-state index contributed by atoms with van der Waals surface area (Å²) in [6.07, 6.45) is 5.19. The fraction of sp³-hybridized carbons (Fsp3) is 0.333. The number of hydrogen-bond acceptors (Lipinski definition) is 4. The molecule has 4 rings (SSSR count). The van der Waals surface area contributed by atoms with E-state index >= 15 is 0 Å². The maximum Gasteiger partial charge on any atom is 0.244 e. The Labute approximate surface area is 246 Å². The maximum atomic E-state index is 14.1. The Kier molecular flexibility index (Phi) is 10.1. The highest BCUT2D eigenvalue weighted by atomic mass is 35.5. The molecule has 0 bridgehead atoms. The molecule has 0 saturated heterocycles. The van der Waals surface area contributed by atoms with Crippen LogP contribution >= 0.6 is 23.2 Å². The fourth-order valence-electron chi connectivity index (χ4n) is 4.97. The van der Waals surface area contributed by atoms with Crippen LogP contribution in [0.25, 0.3) is 0 Å². The molecule has 3 aromatic carbocycles. The first-order valence-electron chi connectivity index (χ1n) is 13.2. The van der Waals surface area contributed by atoms with Crippen molar-refractivity contribution in [1.29, 1.82) is 0 Å². The normalized spacial score (nSPS) is 14.5. The zero-order chi connectivity index (χ0) is 28.7. The van der Waals surface area contributed by atoms with Crippen LogP contribution in [0, 0.1) is 0 Å². The summed E-state index contributed by atoms with van der Waals surface area (Å²) in [5.74, 6) is -0.772. The van der Waals surface area contributed by atoms with Crippen LogP contribution in [0.15, 0.2) is 78.9 Å². The Morgan fingerprint density at radius 3 is 2.17 bits per heavy atom. The third-order valence-electron chi connectivity index (χ3n) is 7.01. The van der Waals surface area contributed by atoms with Crippen LogP contribution in [0.2, 0.25) is 10.0 Å². The van der Waals surface area contributed by atoms with Crippen LogP contribution in [-0.2, 0) is 32.6 Å². The highest BCUT2D eigenvalue weighted by Crippen LogP contribution is 2.24. The second kappa shape index (κ2) is 13.5. The summed E-state index contributed by atoms with van der Waals surface area (Å²) < 4.78 is 26.7. The van der Waals surface area contributed by atoms with Crippen molar-refractivity contribution in [2.24, 2.45) is 0 Å². The number of amides is 2. The predicted molar refractivity (Wildman–Crippen MR) is 160 cm³/mol. The molecule has 1 saturated carbocycles. The molecule has 0 unspecified atom stereocenters. The summed E-state index contributed by atoms with van der Waals surface area (Å²) >= 11 is 12.3. The van der Waals surface area contributed by atoms with E-state index in [1.54, 1.807) is 42.5 Å². The van der Waals surface area contributed by atoms with Gasteiger partial charge in [0.15, 0.2) is 0 Å². The molecule has 212 valence electrons. The minimum Gasteiger partial charge on any atom is -0.352 e. The van der Waals surface area contributed by atoms with Crippen molar-refractivity contribution in [2.45, 2.75) is 50.7 Å². The van der Waals surface area contributed by atoms with Gasteiger partial charge in [0.05, 0.1) is 11.9 Å². The van der Waals surface area contributed by atoms with E-state index in [0.29, 0.717) is 15.7 Å². The van der Waals surface area contributed by atoms with E-state index in [-0.39, 0.29) is 24.9 Å². The lowest BCUT2D eigenvalue weighted by Gasteiger charge is -2.34. The Morgan fingerprint density at radius 2 is 1.55 bits per heavy atom. The summed E-state index contributed by atoms with van der Waals surface area (Å²) in [6, 6.07) is 22.0. The van der Waals surface area contributed by atoms with Crippen LogP contribution in [0.1, 0.15) is 36.8 Å². The van der Waals surface area contributed by atoms with Crippen LogP contribution in [0.4, 0.5) is 5.69 Å². The Balaban J connectivity index is 1.72. The summed E-state index contributed by atoms with van der Waals surface area (Å²) in [6.45, 7) is -0.407. The second-order valence-corrected chi connectivity index (χ2v) is 12.9. The lowest BCUT2D eigenvalue weighted by atomic mass is 10.0. The van der Waals surface area contributed by atoms with Crippen molar-refractivity contribution in [3.63, 3.8) is 0 Å². The Bertz CT molecular complexity index is 1410. The highest BCUT2D eigenvalue weighted by Gasteiger charge is 2.34. The lowest BCUT2D eigenvalue weighted by molar-refractivity contribution is -0.140. The molecule has 1 fully saturated rings. The van der Waals surface area contributed by atoms with Crippen molar-refractivity contribution in [3.05, 3.63) is 100 Å². The molecule has 1 aliphatic rings. The average Bonchev–Trinajstić information content (AvgIpc) is 3.43. The van der Waals surface area contributed by atoms with Gasteiger partial charge in [0, 0.05) is 29.1 Å². The van der Waals surface area contributed by atoms with Gasteiger partial charge in [-0.25, -0.2) is 8.42 Å². The number of nitrogens with one attached hydrogen (secondary N) is 1. The molecule has 0 aromatic heterocycles. The molecule has 1 atom stereocenters. The van der Waals surface area contributed by atoms with Gasteiger partial charge in [-0.2, -0.15) is 0 Å². The number of hydrogen-bond donors (Lipinski definition) is 1. The molecule has 1 aliphatic carbocycles. The SMILES string of the molecule is CS(=O)(=O)N(CC(=O)N(Cc1cccc(Cl)c1)[C@@H](Cc1ccccc1)C(=O)NC1CCCC1)c1ccc(Cl)cc1. The lowest BCUT2D eigenvalue weighted by Crippen LogP contribution is -2.54. The first kappa shape index (κ1) is 29.9. The van der Waals surface area contributed by atoms with Crippen LogP contribution < -0.4 is 9.62 Å². The van der Waals surface area contributed by atoms with Gasteiger partial charge < -0.3 is 10.2 Å². The van der Waals surface area contributed by atoms with Crippen molar-refractivity contribution >= 4 is 50.7 Å². The Morgan fingerprint density at radius 1 is 0.900 bits per heavy atom. The number of carbonyl (C=O) groups excluding carboxylic acids is 2. The summed E-state index contributed by atoms with van der Waals surface area (Å²) in [5, 5.41) is 4.09. The van der Waals surface area contributed by atoms with Gasteiger partial charge in [-0.3, -0.25) is 13.9 Å². The summed E-state index contributed by atoms with van der Waals surface area (Å²) in [7, 11) is -3.84. The van der Waals surface area contributed by atoms with Gasteiger partial charge in [-0.15, -0.1) is 0 Å². The van der Waals surface area contributed by atoms with E-state index < -0.39 is 28.5 Å². The predicted octanol–water partition coefficient (Wildman–Crippen LogP) is 5.46. The van der Waals surface area contributed by atoms with E-state index in [1.807, 2.05) is 36.4 Å². The monoisotopic (exact) mass is 601 g/mol. The molecule has 10 heteroatoms. The van der Waals surface area contributed by atoms with Gasteiger partial charge >= 0.3 is 0 Å². The zero-order valence-electron chi connectivity index (χ0n) is 22.3.